The van der Waals surface area contributed by atoms with Crippen LogP contribution in [0.4, 0.5) is 5.69 Å². The summed E-state index contributed by atoms with van der Waals surface area (Å²) in [5.41, 5.74) is 4.01. The van der Waals surface area contributed by atoms with E-state index in [0.29, 0.717) is 6.42 Å². The van der Waals surface area contributed by atoms with Crippen molar-refractivity contribution in [1.29, 1.82) is 0 Å². The molecule has 4 heteroatoms. The molecule has 26 heavy (non-hydrogen) atoms. The minimum Gasteiger partial charge on any atom is -0.490 e. The smallest absolute Gasteiger partial charge is 0.221 e. The molecule has 2 aromatic carbocycles. The number of nitrogens with one attached hydrogen (secondary N) is 1. The van der Waals surface area contributed by atoms with Crippen molar-refractivity contribution in [2.75, 3.05) is 11.9 Å². The number of hydrogen-bond acceptors (Lipinski definition) is 3. The molecule has 4 nitrogen and oxygen atoms in total. The van der Waals surface area contributed by atoms with Gasteiger partial charge in [0.15, 0.2) is 0 Å². The third-order valence-corrected chi connectivity index (χ3v) is 4.37. The highest BCUT2D eigenvalue weighted by atomic mass is 16.5. The summed E-state index contributed by atoms with van der Waals surface area (Å²) in [6.45, 7) is 7.61. The van der Waals surface area contributed by atoms with Gasteiger partial charge in [0.25, 0.3) is 0 Å². The van der Waals surface area contributed by atoms with Crippen molar-refractivity contribution < 1.29 is 14.6 Å². The Balaban J connectivity index is 2.39. The first kappa shape index (κ1) is 20.0. The average molecular weight is 355 g/mol. The van der Waals surface area contributed by atoms with Gasteiger partial charge < -0.3 is 15.2 Å². The van der Waals surface area contributed by atoms with Crippen LogP contribution in [0.15, 0.2) is 42.5 Å². The predicted molar refractivity (Wildman–Crippen MR) is 106 cm³/mol. The molecule has 0 fully saturated rings. The van der Waals surface area contributed by atoms with E-state index in [0.717, 1.165) is 29.0 Å². The summed E-state index contributed by atoms with van der Waals surface area (Å²) >= 11 is 0. The Morgan fingerprint density at radius 1 is 1.15 bits per heavy atom. The van der Waals surface area contributed by atoms with Gasteiger partial charge in [0.05, 0.1) is 6.10 Å². The molecule has 0 saturated heterocycles. The van der Waals surface area contributed by atoms with Crippen molar-refractivity contribution in [3.8, 4) is 5.75 Å². The standard InChI is InChI=1S/C22H29NO3/c1-15(2)26-22-16(3)21(23-17(4)25)11-10-20(22)14-19(12-13-24)18-8-6-5-7-9-18/h5-11,15,19,24H,12-14H2,1-4H3,(H,23,25). The average Bonchev–Trinajstić information content (AvgIpc) is 2.60. The monoisotopic (exact) mass is 355 g/mol. The first-order valence-corrected chi connectivity index (χ1v) is 9.14. The second-order valence-corrected chi connectivity index (χ2v) is 6.90. The van der Waals surface area contributed by atoms with Crippen molar-refractivity contribution >= 4 is 11.6 Å². The van der Waals surface area contributed by atoms with Crippen LogP contribution in [0, 0.1) is 6.92 Å². The van der Waals surface area contributed by atoms with Crippen LogP contribution in [0.25, 0.3) is 0 Å². The highest BCUT2D eigenvalue weighted by Crippen LogP contribution is 2.35. The maximum Gasteiger partial charge on any atom is 0.221 e. The van der Waals surface area contributed by atoms with Gasteiger partial charge in [-0.25, -0.2) is 0 Å². The largest absolute Gasteiger partial charge is 0.490 e. The second-order valence-electron chi connectivity index (χ2n) is 6.90. The van der Waals surface area contributed by atoms with Crippen LogP contribution >= 0.6 is 0 Å². The van der Waals surface area contributed by atoms with Crippen LogP contribution in [0.3, 0.4) is 0 Å². The number of amides is 1. The van der Waals surface area contributed by atoms with Crippen molar-refractivity contribution in [1.82, 2.24) is 0 Å². The van der Waals surface area contributed by atoms with E-state index < -0.39 is 0 Å². The molecule has 1 unspecified atom stereocenters. The van der Waals surface area contributed by atoms with E-state index in [9.17, 15) is 9.90 Å². The summed E-state index contributed by atoms with van der Waals surface area (Å²) in [4.78, 5) is 11.5. The zero-order chi connectivity index (χ0) is 19.1. The Morgan fingerprint density at radius 3 is 2.42 bits per heavy atom. The zero-order valence-electron chi connectivity index (χ0n) is 16.1. The third-order valence-electron chi connectivity index (χ3n) is 4.37. The zero-order valence-corrected chi connectivity index (χ0v) is 16.1. The Kier molecular flexibility index (Phi) is 7.22. The molecule has 0 heterocycles. The van der Waals surface area contributed by atoms with Gasteiger partial charge in [-0.3, -0.25) is 4.79 Å². The van der Waals surface area contributed by atoms with Crippen molar-refractivity contribution in [2.24, 2.45) is 0 Å². The molecule has 1 atom stereocenters. The molecule has 0 bridgehead atoms. The van der Waals surface area contributed by atoms with E-state index in [4.69, 9.17) is 4.74 Å². The van der Waals surface area contributed by atoms with Gasteiger partial charge in [0.1, 0.15) is 5.75 Å². The maximum absolute atomic E-state index is 11.5. The number of anilines is 1. The normalized spacial score (nSPS) is 12.1. The minimum atomic E-state index is -0.0983. The highest BCUT2D eigenvalue weighted by molar-refractivity contribution is 5.90. The Morgan fingerprint density at radius 2 is 1.85 bits per heavy atom. The van der Waals surface area contributed by atoms with Crippen LogP contribution in [0.1, 0.15) is 49.8 Å². The van der Waals surface area contributed by atoms with Gasteiger partial charge in [-0.15, -0.1) is 0 Å². The van der Waals surface area contributed by atoms with Gasteiger partial charge >= 0.3 is 0 Å². The van der Waals surface area contributed by atoms with E-state index in [1.807, 2.05) is 51.1 Å². The number of aliphatic hydroxyl groups excluding tert-OH is 1. The minimum absolute atomic E-state index is 0.0352. The molecule has 0 spiro atoms. The summed E-state index contributed by atoms with van der Waals surface area (Å²) < 4.78 is 6.10. The highest BCUT2D eigenvalue weighted by Gasteiger charge is 2.18. The Hall–Kier alpha value is -2.33. The number of benzene rings is 2. The SMILES string of the molecule is CC(=O)Nc1ccc(CC(CCO)c2ccccc2)c(OC(C)C)c1C. The molecule has 2 aromatic rings. The van der Waals surface area contributed by atoms with Gasteiger partial charge in [-0.1, -0.05) is 36.4 Å². The summed E-state index contributed by atoms with van der Waals surface area (Å²) in [5.74, 6) is 0.936. The maximum atomic E-state index is 11.5. The lowest BCUT2D eigenvalue weighted by Crippen LogP contribution is -2.14. The lowest BCUT2D eigenvalue weighted by Gasteiger charge is -2.23. The fourth-order valence-electron chi connectivity index (χ4n) is 3.17. The summed E-state index contributed by atoms with van der Waals surface area (Å²) in [6.07, 6.45) is 1.50. The molecular weight excluding hydrogens is 326 g/mol. The van der Waals surface area contributed by atoms with Gasteiger partial charge in [-0.2, -0.15) is 0 Å². The third kappa shape index (κ3) is 5.33. The summed E-state index contributed by atoms with van der Waals surface area (Å²) in [7, 11) is 0. The van der Waals surface area contributed by atoms with E-state index in [1.165, 1.54) is 12.5 Å². The molecule has 0 aromatic heterocycles. The van der Waals surface area contributed by atoms with Crippen LogP contribution in [0.2, 0.25) is 0 Å². The molecule has 0 aliphatic heterocycles. The number of ether oxygens (including phenoxy) is 1. The van der Waals surface area contributed by atoms with Crippen molar-refractivity contribution in [2.45, 2.75) is 52.6 Å². The predicted octanol–water partition coefficient (Wildman–Crippen LogP) is 4.45. The number of rotatable bonds is 8. The first-order valence-electron chi connectivity index (χ1n) is 9.14. The number of hydrogen-bond donors (Lipinski definition) is 2. The molecule has 140 valence electrons. The van der Waals surface area contributed by atoms with E-state index >= 15 is 0 Å². The molecule has 0 aliphatic rings. The van der Waals surface area contributed by atoms with E-state index in [-0.39, 0.29) is 24.5 Å². The molecule has 2 N–H and O–H groups in total. The summed E-state index contributed by atoms with van der Waals surface area (Å²) in [6, 6.07) is 14.2. The molecule has 0 aliphatic carbocycles. The number of carbonyl (C=O) groups is 1. The lowest BCUT2D eigenvalue weighted by molar-refractivity contribution is -0.114. The van der Waals surface area contributed by atoms with Crippen LogP contribution in [0.5, 0.6) is 5.75 Å². The van der Waals surface area contributed by atoms with Crippen LogP contribution in [-0.2, 0) is 11.2 Å². The molecule has 0 saturated carbocycles. The van der Waals surface area contributed by atoms with Gasteiger partial charge in [-0.05, 0) is 56.7 Å². The lowest BCUT2D eigenvalue weighted by atomic mass is 9.88. The molecule has 1 amide bonds. The molecule has 2 rings (SSSR count). The van der Waals surface area contributed by atoms with E-state index in [1.54, 1.807) is 0 Å². The van der Waals surface area contributed by atoms with Crippen molar-refractivity contribution in [3.05, 3.63) is 59.2 Å². The van der Waals surface area contributed by atoms with Gasteiger partial charge in [0.2, 0.25) is 5.91 Å². The topological polar surface area (TPSA) is 58.6 Å². The van der Waals surface area contributed by atoms with E-state index in [2.05, 4.69) is 17.4 Å². The Bertz CT molecular complexity index is 726. The fraction of sp³-hybridized carbons (Fsp3) is 0.409. The summed E-state index contributed by atoms with van der Waals surface area (Å²) in [5, 5.41) is 12.4. The van der Waals surface area contributed by atoms with Crippen LogP contribution in [-0.4, -0.2) is 23.7 Å². The van der Waals surface area contributed by atoms with Gasteiger partial charge in [0, 0.05) is 24.8 Å². The second kappa shape index (κ2) is 9.39. The molecular formula is C22H29NO3. The quantitative estimate of drug-likeness (QED) is 0.735. The Labute approximate surface area is 156 Å². The van der Waals surface area contributed by atoms with Crippen molar-refractivity contribution in [3.63, 3.8) is 0 Å². The first-order chi connectivity index (χ1) is 12.4. The molecule has 0 radical (unpaired) electrons. The fourth-order valence-corrected chi connectivity index (χ4v) is 3.17. The number of aliphatic hydroxyl groups is 1. The van der Waals surface area contributed by atoms with Crippen LogP contribution < -0.4 is 10.1 Å². The number of carbonyl (C=O) groups excluding carboxylic acids is 1.